The molecule has 0 saturated heterocycles. The van der Waals surface area contributed by atoms with Crippen molar-refractivity contribution >= 4 is 0 Å². The van der Waals surface area contributed by atoms with Crippen molar-refractivity contribution in [3.05, 3.63) is 0 Å². The first-order chi connectivity index (χ1) is 9.25. The molecule has 1 saturated carbocycles. The summed E-state index contributed by atoms with van der Waals surface area (Å²) < 4.78 is 0. The maximum atomic E-state index is 2.55. The van der Waals surface area contributed by atoms with Gasteiger partial charge in [-0.25, -0.2) is 0 Å². The average Bonchev–Trinajstić information content (AvgIpc) is 2.46. The maximum Gasteiger partial charge on any atom is -0.0274 e. The van der Waals surface area contributed by atoms with Gasteiger partial charge in [0.15, 0.2) is 0 Å². The topological polar surface area (TPSA) is 0 Å². The summed E-state index contributed by atoms with van der Waals surface area (Å²) in [7, 11) is 0. The first-order valence-corrected chi connectivity index (χ1v) is 9.25. The second-order valence-electron chi connectivity index (χ2n) is 7.09. The SMILES string of the molecule is CCCCCCCCCC(C)C1(CC)CCCCC1. The van der Waals surface area contributed by atoms with E-state index in [-0.39, 0.29) is 0 Å². The van der Waals surface area contributed by atoms with Gasteiger partial charge in [0.25, 0.3) is 0 Å². The van der Waals surface area contributed by atoms with Crippen molar-refractivity contribution < 1.29 is 0 Å². The number of hydrogen-bond donors (Lipinski definition) is 0. The third-order valence-corrected chi connectivity index (χ3v) is 5.84. The largest absolute Gasteiger partial charge is 0.0654 e. The normalized spacial score (nSPS) is 20.4. The number of hydrogen-bond acceptors (Lipinski definition) is 0. The molecular formula is C19H38. The van der Waals surface area contributed by atoms with Crippen molar-refractivity contribution in [3.63, 3.8) is 0 Å². The van der Waals surface area contributed by atoms with Crippen LogP contribution in [0.2, 0.25) is 0 Å². The zero-order chi connectivity index (χ0) is 14.0. The third kappa shape index (κ3) is 5.88. The second-order valence-corrected chi connectivity index (χ2v) is 7.09. The summed E-state index contributed by atoms with van der Waals surface area (Å²) in [6.07, 6.45) is 20.6. The average molecular weight is 267 g/mol. The van der Waals surface area contributed by atoms with E-state index in [4.69, 9.17) is 0 Å². The van der Waals surface area contributed by atoms with Crippen LogP contribution >= 0.6 is 0 Å². The zero-order valence-corrected chi connectivity index (χ0v) is 14.0. The van der Waals surface area contributed by atoms with E-state index in [1.165, 1.54) is 89.9 Å². The molecule has 0 spiro atoms. The molecule has 0 aromatic heterocycles. The summed E-state index contributed by atoms with van der Waals surface area (Å²) in [6.45, 7) is 7.29. The molecule has 0 aromatic carbocycles. The van der Waals surface area contributed by atoms with Crippen molar-refractivity contribution in [1.29, 1.82) is 0 Å². The summed E-state index contributed by atoms with van der Waals surface area (Å²) in [4.78, 5) is 0. The molecule has 1 unspecified atom stereocenters. The van der Waals surface area contributed by atoms with E-state index in [1.54, 1.807) is 0 Å². The molecule has 0 heterocycles. The Morgan fingerprint density at radius 2 is 1.37 bits per heavy atom. The lowest BCUT2D eigenvalue weighted by Gasteiger charge is -2.42. The van der Waals surface area contributed by atoms with Gasteiger partial charge in [0, 0.05) is 0 Å². The molecule has 114 valence electrons. The Kier molecular flexibility index (Phi) is 8.83. The van der Waals surface area contributed by atoms with Crippen molar-refractivity contribution in [2.45, 2.75) is 111 Å². The van der Waals surface area contributed by atoms with Crippen LogP contribution in [0.5, 0.6) is 0 Å². The van der Waals surface area contributed by atoms with Gasteiger partial charge in [0.05, 0.1) is 0 Å². The third-order valence-electron chi connectivity index (χ3n) is 5.84. The van der Waals surface area contributed by atoms with Gasteiger partial charge in [-0.05, 0) is 24.2 Å². The Balaban J connectivity index is 2.13. The quantitative estimate of drug-likeness (QED) is 0.369. The smallest absolute Gasteiger partial charge is 0.0274 e. The molecule has 0 radical (unpaired) electrons. The molecular weight excluding hydrogens is 228 g/mol. The molecule has 0 heteroatoms. The van der Waals surface area contributed by atoms with E-state index in [2.05, 4.69) is 20.8 Å². The lowest BCUT2D eigenvalue weighted by molar-refractivity contribution is 0.0928. The van der Waals surface area contributed by atoms with Crippen LogP contribution in [0, 0.1) is 11.3 Å². The fourth-order valence-corrected chi connectivity index (χ4v) is 4.16. The first kappa shape index (κ1) is 17.1. The lowest BCUT2D eigenvalue weighted by Crippen LogP contribution is -2.30. The minimum Gasteiger partial charge on any atom is -0.0654 e. The van der Waals surface area contributed by atoms with Gasteiger partial charge in [-0.2, -0.15) is 0 Å². The Labute approximate surface area is 122 Å². The molecule has 1 atom stereocenters. The van der Waals surface area contributed by atoms with Crippen LogP contribution < -0.4 is 0 Å². The highest BCUT2D eigenvalue weighted by Gasteiger charge is 2.34. The van der Waals surface area contributed by atoms with Gasteiger partial charge in [-0.1, -0.05) is 97.8 Å². The molecule has 0 nitrogen and oxygen atoms in total. The standard InChI is InChI=1S/C19H38/c1-4-6-7-8-9-10-12-15-18(3)19(5-2)16-13-11-14-17-19/h18H,4-17H2,1-3H3. The van der Waals surface area contributed by atoms with Crippen LogP contribution in [0.3, 0.4) is 0 Å². The summed E-state index contributed by atoms with van der Waals surface area (Å²) in [5.41, 5.74) is 0.723. The molecule has 1 rings (SSSR count). The van der Waals surface area contributed by atoms with Crippen LogP contribution in [0.4, 0.5) is 0 Å². The van der Waals surface area contributed by atoms with E-state index in [1.807, 2.05) is 0 Å². The molecule has 0 N–H and O–H groups in total. The highest BCUT2D eigenvalue weighted by molar-refractivity contribution is 4.86. The summed E-state index contributed by atoms with van der Waals surface area (Å²) in [5.74, 6) is 0.966. The fraction of sp³-hybridized carbons (Fsp3) is 1.00. The van der Waals surface area contributed by atoms with Crippen LogP contribution in [0.25, 0.3) is 0 Å². The van der Waals surface area contributed by atoms with Crippen LogP contribution in [-0.2, 0) is 0 Å². The minimum absolute atomic E-state index is 0.723. The van der Waals surface area contributed by atoms with Crippen molar-refractivity contribution in [1.82, 2.24) is 0 Å². The van der Waals surface area contributed by atoms with Crippen LogP contribution in [0.1, 0.15) is 111 Å². The van der Waals surface area contributed by atoms with Crippen LogP contribution in [-0.4, -0.2) is 0 Å². The molecule has 1 fully saturated rings. The number of rotatable bonds is 10. The summed E-state index contributed by atoms with van der Waals surface area (Å²) in [5, 5.41) is 0. The van der Waals surface area contributed by atoms with E-state index in [0.29, 0.717) is 0 Å². The number of unbranched alkanes of at least 4 members (excludes halogenated alkanes) is 6. The van der Waals surface area contributed by atoms with Gasteiger partial charge < -0.3 is 0 Å². The summed E-state index contributed by atoms with van der Waals surface area (Å²) in [6, 6.07) is 0. The predicted octanol–water partition coefficient (Wildman–Crippen LogP) is 7.12. The molecule has 19 heavy (non-hydrogen) atoms. The molecule has 0 aliphatic heterocycles. The maximum absolute atomic E-state index is 2.55. The Morgan fingerprint density at radius 3 is 1.95 bits per heavy atom. The van der Waals surface area contributed by atoms with Gasteiger partial charge >= 0.3 is 0 Å². The predicted molar refractivity (Wildman–Crippen MR) is 87.6 cm³/mol. The molecule has 0 aromatic rings. The van der Waals surface area contributed by atoms with Gasteiger partial charge in [0.1, 0.15) is 0 Å². The highest BCUT2D eigenvalue weighted by atomic mass is 14.4. The van der Waals surface area contributed by atoms with E-state index < -0.39 is 0 Å². The monoisotopic (exact) mass is 266 g/mol. The molecule has 0 amide bonds. The van der Waals surface area contributed by atoms with Crippen molar-refractivity contribution in [2.24, 2.45) is 11.3 Å². The van der Waals surface area contributed by atoms with Gasteiger partial charge in [-0.15, -0.1) is 0 Å². The van der Waals surface area contributed by atoms with E-state index in [0.717, 1.165) is 11.3 Å². The van der Waals surface area contributed by atoms with Gasteiger partial charge in [-0.3, -0.25) is 0 Å². The minimum atomic E-state index is 0.723. The Hall–Kier alpha value is 0. The fourth-order valence-electron chi connectivity index (χ4n) is 4.16. The van der Waals surface area contributed by atoms with E-state index >= 15 is 0 Å². The van der Waals surface area contributed by atoms with E-state index in [9.17, 15) is 0 Å². The Bertz CT molecular complexity index is 200. The molecule has 1 aliphatic rings. The van der Waals surface area contributed by atoms with Crippen molar-refractivity contribution in [2.75, 3.05) is 0 Å². The van der Waals surface area contributed by atoms with Gasteiger partial charge in [0.2, 0.25) is 0 Å². The lowest BCUT2D eigenvalue weighted by atomic mass is 9.63. The highest BCUT2D eigenvalue weighted by Crippen LogP contribution is 2.46. The van der Waals surface area contributed by atoms with Crippen molar-refractivity contribution in [3.8, 4) is 0 Å². The summed E-state index contributed by atoms with van der Waals surface area (Å²) >= 11 is 0. The van der Waals surface area contributed by atoms with Crippen LogP contribution in [0.15, 0.2) is 0 Å². The second kappa shape index (κ2) is 9.83. The zero-order valence-electron chi connectivity index (χ0n) is 14.0. The molecule has 0 bridgehead atoms. The Morgan fingerprint density at radius 1 is 0.789 bits per heavy atom. The molecule has 1 aliphatic carbocycles. The first-order valence-electron chi connectivity index (χ1n) is 9.25.